The van der Waals surface area contributed by atoms with Gasteiger partial charge in [-0.15, -0.1) is 0 Å². The lowest BCUT2D eigenvalue weighted by molar-refractivity contribution is 0.102. The number of imidazole rings is 1. The zero-order valence-corrected chi connectivity index (χ0v) is 19.4. The molecule has 0 unspecified atom stereocenters. The number of hydrogen-bond donors (Lipinski definition) is 1. The number of carbonyl (C=O) groups is 1. The lowest BCUT2D eigenvalue weighted by Gasteiger charge is -2.18. The summed E-state index contributed by atoms with van der Waals surface area (Å²) in [4.78, 5) is 23.7. The minimum absolute atomic E-state index is 0.343. The molecule has 2 heterocycles. The molecule has 0 aliphatic heterocycles. The van der Waals surface area contributed by atoms with Gasteiger partial charge in [0.15, 0.2) is 5.16 Å². The molecule has 2 aromatic carbocycles. The van der Waals surface area contributed by atoms with Gasteiger partial charge in [0.1, 0.15) is 11.5 Å². The van der Waals surface area contributed by atoms with E-state index < -0.39 is 0 Å². The van der Waals surface area contributed by atoms with Crippen molar-refractivity contribution >= 4 is 40.6 Å². The molecule has 6 nitrogen and oxygen atoms in total. The molecule has 1 N–H and O–H groups in total. The van der Waals surface area contributed by atoms with Crippen molar-refractivity contribution in [3.8, 4) is 5.69 Å². The van der Waals surface area contributed by atoms with E-state index in [4.69, 9.17) is 11.6 Å². The molecule has 0 spiro atoms. The van der Waals surface area contributed by atoms with Crippen molar-refractivity contribution in [2.24, 2.45) is 0 Å². The summed E-state index contributed by atoms with van der Waals surface area (Å²) in [6.07, 6.45) is 5.07. The number of nitrogens with zero attached hydrogens (tertiary/aromatic N) is 4. The Hall–Kier alpha value is -3.36. The Morgan fingerprint density at radius 2 is 1.79 bits per heavy atom. The molecule has 0 radical (unpaired) electrons. The van der Waals surface area contributed by atoms with Gasteiger partial charge in [-0.3, -0.25) is 14.3 Å². The molecule has 9 heteroatoms. The Bertz CT molecular complexity index is 1220. The Morgan fingerprint density at radius 3 is 2.48 bits per heavy atom. The van der Waals surface area contributed by atoms with Gasteiger partial charge < -0.3 is 10.2 Å². The maximum atomic E-state index is 13.2. The van der Waals surface area contributed by atoms with Gasteiger partial charge >= 0.3 is 0 Å². The second-order valence-electron chi connectivity index (χ2n) is 7.17. The summed E-state index contributed by atoms with van der Waals surface area (Å²) in [5.41, 5.74) is 2.71. The first-order valence-corrected chi connectivity index (χ1v) is 11.5. The quantitative estimate of drug-likeness (QED) is 0.335. The normalized spacial score (nSPS) is 10.8. The third-order valence-corrected chi connectivity index (χ3v) is 6.10. The number of halogens is 2. The van der Waals surface area contributed by atoms with Crippen molar-refractivity contribution in [1.29, 1.82) is 0 Å². The van der Waals surface area contributed by atoms with Crippen LogP contribution in [-0.4, -0.2) is 39.8 Å². The predicted molar refractivity (Wildman–Crippen MR) is 131 cm³/mol. The van der Waals surface area contributed by atoms with Crippen LogP contribution in [0.15, 0.2) is 84.4 Å². The smallest absolute Gasteiger partial charge is 0.274 e. The summed E-state index contributed by atoms with van der Waals surface area (Å²) in [5.74, 6) is 0.0436. The van der Waals surface area contributed by atoms with E-state index >= 15 is 0 Å². The molecule has 1 amide bonds. The number of nitrogens with one attached hydrogen (secondary N) is 1. The van der Waals surface area contributed by atoms with Crippen LogP contribution in [0.1, 0.15) is 10.5 Å². The minimum Gasteiger partial charge on any atom is -0.374 e. The molecule has 0 saturated carbocycles. The fourth-order valence-corrected chi connectivity index (χ4v) is 4.30. The monoisotopic (exact) mass is 481 g/mol. The summed E-state index contributed by atoms with van der Waals surface area (Å²) in [6.45, 7) is 0.777. The van der Waals surface area contributed by atoms with E-state index in [1.807, 2.05) is 31.3 Å². The maximum Gasteiger partial charge on any atom is 0.274 e. The van der Waals surface area contributed by atoms with Gasteiger partial charge in [0.05, 0.1) is 6.20 Å². The van der Waals surface area contributed by atoms with Crippen LogP contribution in [0.4, 0.5) is 15.8 Å². The van der Waals surface area contributed by atoms with E-state index in [-0.39, 0.29) is 11.7 Å². The molecule has 4 rings (SSSR count). The van der Waals surface area contributed by atoms with Gasteiger partial charge in [-0.25, -0.2) is 9.37 Å². The number of benzene rings is 2. The zero-order valence-electron chi connectivity index (χ0n) is 17.8. The number of amides is 1. The number of thioether (sulfide) groups is 1. The lowest BCUT2D eigenvalue weighted by Crippen LogP contribution is -2.20. The molecule has 4 aromatic rings. The second-order valence-corrected chi connectivity index (χ2v) is 8.67. The molecule has 0 aliphatic rings. The molecule has 0 saturated heterocycles. The van der Waals surface area contributed by atoms with Gasteiger partial charge in [-0.2, -0.15) is 0 Å². The lowest BCUT2D eigenvalue weighted by atomic mass is 10.3. The highest BCUT2D eigenvalue weighted by atomic mass is 35.5. The Morgan fingerprint density at radius 1 is 1.09 bits per heavy atom. The maximum absolute atomic E-state index is 13.2. The topological polar surface area (TPSA) is 63.1 Å². The SMILES string of the molecule is CN(CCSc1ncc(C(=O)Nc2ccc(F)cc2)n1-c1ccc(Cl)cc1)c1ccncc1. The number of hydrogen-bond acceptors (Lipinski definition) is 5. The van der Waals surface area contributed by atoms with Crippen LogP contribution < -0.4 is 10.2 Å². The fraction of sp³-hybridized carbons (Fsp3) is 0.125. The van der Waals surface area contributed by atoms with Crippen LogP contribution >= 0.6 is 23.4 Å². The highest BCUT2D eigenvalue weighted by Gasteiger charge is 2.19. The number of rotatable bonds is 8. The highest BCUT2D eigenvalue weighted by Crippen LogP contribution is 2.26. The van der Waals surface area contributed by atoms with Crippen molar-refractivity contribution in [2.75, 3.05) is 29.6 Å². The van der Waals surface area contributed by atoms with Crippen LogP contribution in [0.2, 0.25) is 5.02 Å². The standard InChI is InChI=1S/C24H21ClFN5OS/c1-30(20-10-12-27-13-11-20)14-15-33-24-28-16-22(31(24)21-8-2-17(25)3-9-21)23(32)29-19-6-4-18(26)5-7-19/h2-13,16H,14-15H2,1H3,(H,29,32). The van der Waals surface area contributed by atoms with Crippen molar-refractivity contribution in [3.05, 3.63) is 95.8 Å². The molecule has 0 atom stereocenters. The van der Waals surface area contributed by atoms with E-state index in [2.05, 4.69) is 20.2 Å². The van der Waals surface area contributed by atoms with Gasteiger partial charge in [-0.1, -0.05) is 23.4 Å². The largest absolute Gasteiger partial charge is 0.374 e. The average Bonchev–Trinajstić information content (AvgIpc) is 3.25. The van der Waals surface area contributed by atoms with E-state index in [0.29, 0.717) is 21.6 Å². The molecule has 0 fully saturated rings. The minimum atomic E-state index is -0.366. The van der Waals surface area contributed by atoms with Crippen LogP contribution in [-0.2, 0) is 0 Å². The first-order valence-electron chi connectivity index (χ1n) is 10.2. The summed E-state index contributed by atoms with van der Waals surface area (Å²) < 4.78 is 15.0. The van der Waals surface area contributed by atoms with E-state index in [1.165, 1.54) is 24.3 Å². The molecule has 0 aliphatic carbocycles. The average molecular weight is 482 g/mol. The van der Waals surface area contributed by atoms with Crippen molar-refractivity contribution in [1.82, 2.24) is 14.5 Å². The molecular weight excluding hydrogens is 461 g/mol. The number of pyridine rings is 1. The van der Waals surface area contributed by atoms with Crippen molar-refractivity contribution < 1.29 is 9.18 Å². The van der Waals surface area contributed by atoms with Crippen LogP contribution in [0.5, 0.6) is 0 Å². The fourth-order valence-electron chi connectivity index (χ4n) is 3.17. The molecule has 2 aromatic heterocycles. The summed E-state index contributed by atoms with van der Waals surface area (Å²) in [7, 11) is 2.02. The summed E-state index contributed by atoms with van der Waals surface area (Å²) in [5, 5.41) is 4.09. The Kier molecular flexibility index (Phi) is 7.26. The number of anilines is 2. The first kappa shape index (κ1) is 22.8. The van der Waals surface area contributed by atoms with E-state index in [9.17, 15) is 9.18 Å². The third kappa shape index (κ3) is 5.71. The number of carbonyl (C=O) groups excluding carboxylic acids is 1. The van der Waals surface area contributed by atoms with Crippen LogP contribution in [0.25, 0.3) is 5.69 Å². The van der Waals surface area contributed by atoms with Crippen molar-refractivity contribution in [2.45, 2.75) is 5.16 Å². The first-order chi connectivity index (χ1) is 16.0. The van der Waals surface area contributed by atoms with Gasteiger partial charge in [0, 0.05) is 53.8 Å². The van der Waals surface area contributed by atoms with E-state index in [1.54, 1.807) is 47.1 Å². The summed E-state index contributed by atoms with van der Waals surface area (Å²) >= 11 is 7.61. The molecule has 168 valence electrons. The van der Waals surface area contributed by atoms with Gasteiger partial charge in [0.25, 0.3) is 5.91 Å². The van der Waals surface area contributed by atoms with E-state index in [0.717, 1.165) is 23.7 Å². The predicted octanol–water partition coefficient (Wildman–Crippen LogP) is 5.54. The van der Waals surface area contributed by atoms with Gasteiger partial charge in [0.2, 0.25) is 0 Å². The Balaban J connectivity index is 1.55. The Labute approximate surface area is 200 Å². The van der Waals surface area contributed by atoms with Crippen LogP contribution in [0.3, 0.4) is 0 Å². The third-order valence-electron chi connectivity index (χ3n) is 4.91. The van der Waals surface area contributed by atoms with Crippen LogP contribution in [0, 0.1) is 5.82 Å². The highest BCUT2D eigenvalue weighted by molar-refractivity contribution is 7.99. The van der Waals surface area contributed by atoms with Crippen molar-refractivity contribution in [3.63, 3.8) is 0 Å². The molecule has 33 heavy (non-hydrogen) atoms. The molecule has 0 bridgehead atoms. The second kappa shape index (κ2) is 10.5. The zero-order chi connectivity index (χ0) is 23.2. The number of aromatic nitrogens is 3. The summed E-state index contributed by atoms with van der Waals surface area (Å²) in [6, 6.07) is 16.8. The van der Waals surface area contributed by atoms with Gasteiger partial charge in [-0.05, 0) is 60.7 Å². The molecular formula is C24H21ClFN5OS.